The Bertz CT molecular complexity index is 460. The first kappa shape index (κ1) is 24.1. The maximum Gasteiger partial charge on any atom is 0.241 e. The predicted molar refractivity (Wildman–Crippen MR) is 102 cm³/mol. The summed E-state index contributed by atoms with van der Waals surface area (Å²) in [5.74, 6) is -0.420. The van der Waals surface area contributed by atoms with Crippen molar-refractivity contribution in [1.82, 2.24) is 3.23 Å². The summed E-state index contributed by atoms with van der Waals surface area (Å²) in [4.78, 5) is 0. The van der Waals surface area contributed by atoms with Gasteiger partial charge in [0.15, 0.2) is 0 Å². The van der Waals surface area contributed by atoms with Crippen LogP contribution in [0.4, 0.5) is 0 Å². The number of unbranched alkanes of at least 4 members (excludes halogenated alkanes) is 10. The van der Waals surface area contributed by atoms with Crippen molar-refractivity contribution in [2.75, 3.05) is 11.5 Å². The molecule has 0 spiro atoms. The molecule has 146 valence electrons. The summed E-state index contributed by atoms with van der Waals surface area (Å²) in [6.45, 7) is 4.23. The largest absolute Gasteiger partial charge is 0.241 e. The molecule has 0 aliphatic heterocycles. The summed E-state index contributed by atoms with van der Waals surface area (Å²) >= 11 is 5.65. The van der Waals surface area contributed by atoms with Gasteiger partial charge in [0.25, 0.3) is 0 Å². The molecule has 0 saturated heterocycles. The fraction of sp³-hybridized carbons (Fsp3) is 1.00. The van der Waals surface area contributed by atoms with Crippen molar-refractivity contribution in [3.63, 3.8) is 0 Å². The van der Waals surface area contributed by atoms with Crippen molar-refractivity contribution >= 4 is 31.8 Å². The van der Waals surface area contributed by atoms with E-state index >= 15 is 0 Å². The molecule has 0 aliphatic rings. The highest BCUT2D eigenvalue weighted by molar-refractivity contribution is 8.05. The molecule has 5 nitrogen and oxygen atoms in total. The van der Waals surface area contributed by atoms with Crippen LogP contribution >= 0.6 is 11.8 Å². The van der Waals surface area contributed by atoms with Gasteiger partial charge in [-0.1, -0.05) is 78.1 Å². The number of hydrogen-bond donors (Lipinski definition) is 0. The van der Waals surface area contributed by atoms with Gasteiger partial charge < -0.3 is 0 Å². The normalized spacial score (nSPS) is 12.8. The lowest BCUT2D eigenvalue weighted by atomic mass is 10.1. The second-order valence-corrected chi connectivity index (χ2v) is 11.2. The van der Waals surface area contributed by atoms with E-state index in [4.69, 9.17) is 11.8 Å². The van der Waals surface area contributed by atoms with Crippen LogP contribution in [0.3, 0.4) is 0 Å². The van der Waals surface area contributed by atoms with E-state index in [0.717, 1.165) is 64.2 Å². The van der Waals surface area contributed by atoms with E-state index < -0.39 is 20.0 Å². The summed E-state index contributed by atoms with van der Waals surface area (Å²) < 4.78 is 48.3. The topological polar surface area (TPSA) is 71.5 Å². The molecule has 0 saturated carbocycles. The Morgan fingerprint density at radius 2 is 0.875 bits per heavy atom. The average molecular weight is 404 g/mol. The molecule has 0 amide bonds. The predicted octanol–water partition coefficient (Wildman–Crippen LogP) is 4.82. The van der Waals surface area contributed by atoms with Gasteiger partial charge in [0.05, 0.1) is 11.5 Å². The average Bonchev–Trinajstić information content (AvgIpc) is 2.53. The Morgan fingerprint density at radius 1 is 0.583 bits per heavy atom. The number of sulfonamides is 2. The highest BCUT2D eigenvalue weighted by Gasteiger charge is 2.31. The van der Waals surface area contributed by atoms with Gasteiger partial charge in [-0.3, -0.25) is 0 Å². The molecule has 24 heavy (non-hydrogen) atoms. The monoisotopic (exact) mass is 403 g/mol. The van der Waals surface area contributed by atoms with Gasteiger partial charge in [-0.15, -0.1) is 0 Å². The van der Waals surface area contributed by atoms with Crippen molar-refractivity contribution in [3.05, 3.63) is 0 Å². The molecule has 0 atom stereocenters. The minimum atomic E-state index is -3.95. The van der Waals surface area contributed by atoms with E-state index in [-0.39, 0.29) is 14.7 Å². The van der Waals surface area contributed by atoms with Crippen LogP contribution in [-0.2, 0) is 20.0 Å². The van der Waals surface area contributed by atoms with E-state index in [9.17, 15) is 16.8 Å². The van der Waals surface area contributed by atoms with E-state index in [1.807, 2.05) is 0 Å². The molecule has 0 aliphatic carbocycles. The number of hydrogen-bond acceptors (Lipinski definition) is 4. The highest BCUT2D eigenvalue weighted by Crippen LogP contribution is 2.18. The first-order valence-electron chi connectivity index (χ1n) is 9.19. The third-order valence-electron chi connectivity index (χ3n) is 3.95. The summed E-state index contributed by atoms with van der Waals surface area (Å²) in [7, 11) is -7.90. The van der Waals surface area contributed by atoms with E-state index in [1.54, 1.807) is 0 Å². The quantitative estimate of drug-likeness (QED) is 0.273. The van der Waals surface area contributed by atoms with Crippen LogP contribution < -0.4 is 0 Å². The van der Waals surface area contributed by atoms with Gasteiger partial charge in [-0.25, -0.2) is 16.8 Å². The molecule has 8 heteroatoms. The van der Waals surface area contributed by atoms with Crippen LogP contribution in [-0.4, -0.2) is 31.6 Å². The van der Waals surface area contributed by atoms with Gasteiger partial charge in [0, 0.05) is 11.8 Å². The van der Waals surface area contributed by atoms with Crippen LogP contribution in [0, 0.1) is 0 Å². The number of nitrogens with zero attached hydrogens (tertiary/aromatic N) is 1. The Morgan fingerprint density at radius 3 is 1.21 bits per heavy atom. The smallest absolute Gasteiger partial charge is 0.210 e. The maximum atomic E-state index is 12.1. The Kier molecular flexibility index (Phi) is 13.5. The number of halogens is 1. The summed E-state index contributed by atoms with van der Waals surface area (Å²) in [5, 5.41) is 0. The van der Waals surface area contributed by atoms with Gasteiger partial charge in [0.2, 0.25) is 20.0 Å². The molecule has 0 unspecified atom stereocenters. The summed E-state index contributed by atoms with van der Waals surface area (Å²) in [6, 6.07) is 0. The van der Waals surface area contributed by atoms with E-state index in [1.165, 1.54) is 0 Å². The van der Waals surface area contributed by atoms with Crippen molar-refractivity contribution in [2.45, 2.75) is 90.9 Å². The molecule has 0 heterocycles. The molecule has 0 radical (unpaired) electrons. The lowest BCUT2D eigenvalue weighted by molar-refractivity contribution is 0.543. The van der Waals surface area contributed by atoms with Crippen molar-refractivity contribution in [1.29, 1.82) is 0 Å². The lowest BCUT2D eigenvalue weighted by Gasteiger charge is -2.14. The van der Waals surface area contributed by atoms with E-state index in [0.29, 0.717) is 12.8 Å². The Hall–Kier alpha value is 0.150. The zero-order valence-electron chi connectivity index (χ0n) is 15.2. The fourth-order valence-corrected chi connectivity index (χ4v) is 6.12. The fourth-order valence-electron chi connectivity index (χ4n) is 2.45. The Labute approximate surface area is 154 Å². The van der Waals surface area contributed by atoms with Crippen LogP contribution in [0.15, 0.2) is 0 Å². The molecular weight excluding hydrogens is 370 g/mol. The van der Waals surface area contributed by atoms with Gasteiger partial charge in [-0.05, 0) is 16.1 Å². The molecular formula is C16H34ClNO4S2. The standard InChI is InChI=1S/C16H34ClNO4S2/c1-3-5-7-9-11-13-15-23(19,20)18(17)24(21,22)16-14-12-10-8-6-4-2/h3-16H2,1-2H3. The third-order valence-corrected chi connectivity index (χ3v) is 9.06. The SMILES string of the molecule is CCCCCCCCS(=O)(=O)N(Cl)S(=O)(=O)CCCCCCCC. The highest BCUT2D eigenvalue weighted by atomic mass is 35.5. The van der Waals surface area contributed by atoms with Gasteiger partial charge in [-0.2, -0.15) is 0 Å². The maximum absolute atomic E-state index is 12.1. The van der Waals surface area contributed by atoms with E-state index in [2.05, 4.69) is 13.8 Å². The lowest BCUT2D eigenvalue weighted by Crippen LogP contribution is -2.32. The van der Waals surface area contributed by atoms with Crippen molar-refractivity contribution < 1.29 is 16.8 Å². The van der Waals surface area contributed by atoms with Crippen LogP contribution in [0.5, 0.6) is 0 Å². The zero-order valence-corrected chi connectivity index (χ0v) is 17.6. The zero-order chi connectivity index (χ0) is 18.5. The Balaban J connectivity index is 4.18. The molecule has 0 aromatic heterocycles. The number of rotatable bonds is 16. The molecule has 0 rings (SSSR count). The third kappa shape index (κ3) is 10.9. The minimum Gasteiger partial charge on any atom is -0.210 e. The minimum absolute atomic E-state index is 0.0814. The summed E-state index contributed by atoms with van der Waals surface area (Å²) in [5.41, 5.74) is 0. The molecule has 0 bridgehead atoms. The van der Waals surface area contributed by atoms with Gasteiger partial charge >= 0.3 is 0 Å². The van der Waals surface area contributed by atoms with Gasteiger partial charge in [0.1, 0.15) is 0 Å². The summed E-state index contributed by atoms with van der Waals surface area (Å²) in [6.07, 6.45) is 11.1. The molecule has 0 N–H and O–H groups in total. The van der Waals surface area contributed by atoms with Crippen LogP contribution in [0.2, 0.25) is 0 Å². The van der Waals surface area contributed by atoms with Crippen LogP contribution in [0.25, 0.3) is 0 Å². The molecule has 0 aromatic rings. The second-order valence-electron chi connectivity index (χ2n) is 6.32. The molecule has 0 fully saturated rings. The molecule has 0 aromatic carbocycles. The van der Waals surface area contributed by atoms with Crippen molar-refractivity contribution in [2.24, 2.45) is 0 Å². The first-order valence-corrected chi connectivity index (χ1v) is 12.7. The van der Waals surface area contributed by atoms with Crippen molar-refractivity contribution in [3.8, 4) is 0 Å². The first-order chi connectivity index (χ1) is 11.3. The second kappa shape index (κ2) is 13.4. The van der Waals surface area contributed by atoms with Crippen LogP contribution in [0.1, 0.15) is 90.9 Å².